The second kappa shape index (κ2) is 7.39. The van der Waals surface area contributed by atoms with Gasteiger partial charge < -0.3 is 9.84 Å². The first kappa shape index (κ1) is 15.7. The SMILES string of the molecule is O[C@H](COc1ccccc1F)CSc1ncnc2ccccc12. The van der Waals surface area contributed by atoms with Gasteiger partial charge in [0.25, 0.3) is 0 Å². The number of ether oxygens (including phenoxy) is 1. The van der Waals surface area contributed by atoms with Gasteiger partial charge in [-0.3, -0.25) is 0 Å². The van der Waals surface area contributed by atoms with Gasteiger partial charge in [0.2, 0.25) is 0 Å². The second-order valence-corrected chi connectivity index (χ2v) is 5.91. The van der Waals surface area contributed by atoms with Crippen LogP contribution in [-0.4, -0.2) is 33.5 Å². The van der Waals surface area contributed by atoms with Crippen molar-refractivity contribution in [3.63, 3.8) is 0 Å². The van der Waals surface area contributed by atoms with Crippen molar-refractivity contribution in [1.29, 1.82) is 0 Å². The van der Waals surface area contributed by atoms with Crippen molar-refractivity contribution in [2.45, 2.75) is 11.1 Å². The van der Waals surface area contributed by atoms with Gasteiger partial charge in [0.05, 0.1) is 11.6 Å². The molecule has 3 rings (SSSR count). The van der Waals surface area contributed by atoms with Crippen LogP contribution in [0.5, 0.6) is 5.75 Å². The van der Waals surface area contributed by atoms with Crippen molar-refractivity contribution in [1.82, 2.24) is 9.97 Å². The van der Waals surface area contributed by atoms with Crippen LogP contribution in [0.1, 0.15) is 0 Å². The number of hydrogen-bond donors (Lipinski definition) is 1. The third kappa shape index (κ3) is 3.97. The molecular formula is C17H15FN2O2S. The van der Waals surface area contributed by atoms with E-state index in [0.717, 1.165) is 15.9 Å². The molecule has 6 heteroatoms. The molecule has 1 atom stereocenters. The summed E-state index contributed by atoms with van der Waals surface area (Å²) in [6.45, 7) is 0.0248. The second-order valence-electron chi connectivity index (χ2n) is 4.90. The molecule has 2 aromatic carbocycles. The van der Waals surface area contributed by atoms with E-state index in [9.17, 15) is 9.50 Å². The number of fused-ring (bicyclic) bond motifs is 1. The number of rotatable bonds is 6. The molecule has 0 aliphatic heterocycles. The largest absolute Gasteiger partial charge is 0.488 e. The zero-order chi connectivity index (χ0) is 16.1. The van der Waals surface area contributed by atoms with Crippen molar-refractivity contribution in [3.05, 3.63) is 60.7 Å². The normalized spacial score (nSPS) is 12.3. The zero-order valence-electron chi connectivity index (χ0n) is 12.2. The summed E-state index contributed by atoms with van der Waals surface area (Å²) in [4.78, 5) is 8.45. The van der Waals surface area contributed by atoms with Gasteiger partial charge in [-0.2, -0.15) is 0 Å². The lowest BCUT2D eigenvalue weighted by molar-refractivity contribution is 0.123. The summed E-state index contributed by atoms with van der Waals surface area (Å²) in [6, 6.07) is 13.8. The molecule has 0 spiro atoms. The molecule has 0 bridgehead atoms. The van der Waals surface area contributed by atoms with Crippen molar-refractivity contribution in [3.8, 4) is 5.75 Å². The molecule has 0 aliphatic rings. The Bertz CT molecular complexity index is 795. The van der Waals surface area contributed by atoms with Crippen LogP contribution in [0.25, 0.3) is 10.9 Å². The third-order valence-corrected chi connectivity index (χ3v) is 4.34. The Morgan fingerprint density at radius 2 is 1.87 bits per heavy atom. The number of benzene rings is 2. The van der Waals surface area contributed by atoms with Crippen molar-refractivity contribution in [2.24, 2.45) is 0 Å². The van der Waals surface area contributed by atoms with Gasteiger partial charge in [-0.25, -0.2) is 14.4 Å². The molecule has 0 saturated heterocycles. The molecule has 0 saturated carbocycles. The lowest BCUT2D eigenvalue weighted by Crippen LogP contribution is -2.20. The molecule has 118 valence electrons. The minimum Gasteiger partial charge on any atom is -0.488 e. The lowest BCUT2D eigenvalue weighted by atomic mass is 10.2. The summed E-state index contributed by atoms with van der Waals surface area (Å²) in [7, 11) is 0. The van der Waals surface area contributed by atoms with Gasteiger partial charge in [-0.15, -0.1) is 11.8 Å². The molecule has 0 unspecified atom stereocenters. The first-order valence-corrected chi connectivity index (χ1v) is 8.10. The monoisotopic (exact) mass is 330 g/mol. The van der Waals surface area contributed by atoms with Crippen LogP contribution < -0.4 is 4.74 Å². The quantitative estimate of drug-likeness (QED) is 0.555. The summed E-state index contributed by atoms with van der Waals surface area (Å²) in [6.07, 6.45) is 0.778. The zero-order valence-corrected chi connectivity index (χ0v) is 13.0. The number of aliphatic hydroxyl groups excluding tert-OH is 1. The number of aliphatic hydroxyl groups is 1. The van der Waals surface area contributed by atoms with Crippen molar-refractivity contribution in [2.75, 3.05) is 12.4 Å². The number of hydrogen-bond acceptors (Lipinski definition) is 5. The predicted octanol–water partition coefficient (Wildman–Crippen LogP) is 3.30. The minimum absolute atomic E-state index is 0.0248. The van der Waals surface area contributed by atoms with Gasteiger partial charge in [-0.05, 0) is 18.2 Å². The smallest absolute Gasteiger partial charge is 0.165 e. The van der Waals surface area contributed by atoms with Crippen LogP contribution in [0.2, 0.25) is 0 Å². The number of halogens is 1. The van der Waals surface area contributed by atoms with Crippen LogP contribution in [0, 0.1) is 5.82 Å². The van der Waals surface area contributed by atoms with Crippen LogP contribution in [0.15, 0.2) is 59.9 Å². The summed E-state index contributed by atoms with van der Waals surface area (Å²) < 4.78 is 18.7. The fourth-order valence-electron chi connectivity index (χ4n) is 2.07. The standard InChI is InChI=1S/C17H15FN2O2S/c18-14-6-2-4-8-16(14)22-9-12(21)10-23-17-13-5-1-3-7-15(13)19-11-20-17/h1-8,11-12,21H,9-10H2/t12-/m1/s1. The van der Waals surface area contributed by atoms with Crippen LogP contribution in [0.4, 0.5) is 4.39 Å². The van der Waals surface area contributed by atoms with Gasteiger partial charge in [0, 0.05) is 11.1 Å². The third-order valence-electron chi connectivity index (χ3n) is 3.19. The van der Waals surface area contributed by atoms with E-state index in [2.05, 4.69) is 9.97 Å². The molecule has 3 aromatic rings. The van der Waals surface area contributed by atoms with Gasteiger partial charge in [0.1, 0.15) is 18.0 Å². The van der Waals surface area contributed by atoms with E-state index in [-0.39, 0.29) is 12.4 Å². The maximum Gasteiger partial charge on any atom is 0.165 e. The number of nitrogens with zero attached hydrogens (tertiary/aromatic N) is 2. The number of thioether (sulfide) groups is 1. The van der Waals surface area contributed by atoms with Gasteiger partial charge in [-0.1, -0.05) is 30.3 Å². The highest BCUT2D eigenvalue weighted by atomic mass is 32.2. The first-order valence-electron chi connectivity index (χ1n) is 7.12. The molecule has 4 nitrogen and oxygen atoms in total. The minimum atomic E-state index is -0.728. The number of aromatic nitrogens is 2. The molecule has 0 amide bonds. The van der Waals surface area contributed by atoms with Crippen LogP contribution in [0.3, 0.4) is 0 Å². The maximum absolute atomic E-state index is 13.4. The molecule has 1 N–H and O–H groups in total. The Labute approximate surface area is 137 Å². The molecule has 0 aliphatic carbocycles. The van der Waals surface area contributed by atoms with Crippen LogP contribution in [-0.2, 0) is 0 Å². The Hall–Kier alpha value is -2.18. The van der Waals surface area contributed by atoms with Gasteiger partial charge in [0.15, 0.2) is 11.6 Å². The Morgan fingerprint density at radius 1 is 1.09 bits per heavy atom. The maximum atomic E-state index is 13.4. The average molecular weight is 330 g/mol. The van der Waals surface area contributed by atoms with E-state index >= 15 is 0 Å². The molecule has 0 fully saturated rings. The fourth-order valence-corrected chi connectivity index (χ4v) is 2.96. The summed E-state index contributed by atoms with van der Waals surface area (Å²) >= 11 is 1.42. The molecule has 1 aromatic heterocycles. The number of para-hydroxylation sites is 2. The van der Waals surface area contributed by atoms with E-state index < -0.39 is 11.9 Å². The van der Waals surface area contributed by atoms with E-state index in [4.69, 9.17) is 4.74 Å². The average Bonchev–Trinajstić information content (AvgIpc) is 2.59. The van der Waals surface area contributed by atoms with Crippen LogP contribution >= 0.6 is 11.8 Å². The fraction of sp³-hybridized carbons (Fsp3) is 0.176. The summed E-state index contributed by atoms with van der Waals surface area (Å²) in [5.74, 6) is 0.105. The summed E-state index contributed by atoms with van der Waals surface area (Å²) in [5.41, 5.74) is 0.863. The first-order chi connectivity index (χ1) is 11.2. The predicted molar refractivity (Wildman–Crippen MR) is 88.2 cm³/mol. The highest BCUT2D eigenvalue weighted by molar-refractivity contribution is 7.99. The van der Waals surface area contributed by atoms with E-state index in [1.807, 2.05) is 24.3 Å². The Morgan fingerprint density at radius 3 is 2.74 bits per heavy atom. The molecule has 23 heavy (non-hydrogen) atoms. The van der Waals surface area contributed by atoms with Crippen molar-refractivity contribution >= 4 is 22.7 Å². The van der Waals surface area contributed by atoms with Crippen molar-refractivity contribution < 1.29 is 14.2 Å². The highest BCUT2D eigenvalue weighted by Crippen LogP contribution is 2.25. The van der Waals surface area contributed by atoms with E-state index in [1.54, 1.807) is 12.1 Å². The molecule has 1 heterocycles. The Kier molecular flexibility index (Phi) is 5.05. The summed E-state index contributed by atoms with van der Waals surface area (Å²) in [5, 5.41) is 11.8. The molecule has 0 radical (unpaired) electrons. The highest BCUT2D eigenvalue weighted by Gasteiger charge is 2.11. The van der Waals surface area contributed by atoms with Gasteiger partial charge >= 0.3 is 0 Å². The Balaban J connectivity index is 1.58. The van der Waals surface area contributed by atoms with E-state index in [1.165, 1.54) is 30.2 Å². The lowest BCUT2D eigenvalue weighted by Gasteiger charge is -2.12. The topological polar surface area (TPSA) is 55.2 Å². The van der Waals surface area contributed by atoms with E-state index in [0.29, 0.717) is 5.75 Å². The molecular weight excluding hydrogens is 315 g/mol.